The monoisotopic (exact) mass is 441 g/mol. The van der Waals surface area contributed by atoms with E-state index in [9.17, 15) is 9.18 Å². The van der Waals surface area contributed by atoms with E-state index in [2.05, 4.69) is 10.4 Å². The molecule has 1 aliphatic heterocycles. The van der Waals surface area contributed by atoms with Gasteiger partial charge in [-0.05, 0) is 36.4 Å². The van der Waals surface area contributed by atoms with Crippen molar-refractivity contribution in [1.29, 1.82) is 0 Å². The summed E-state index contributed by atoms with van der Waals surface area (Å²) in [6.07, 6.45) is 1.76. The van der Waals surface area contributed by atoms with Crippen LogP contribution in [0.25, 0.3) is 11.3 Å². The summed E-state index contributed by atoms with van der Waals surface area (Å²) in [4.78, 5) is 12.0. The van der Waals surface area contributed by atoms with Crippen LogP contribution in [-0.2, 0) is 16.0 Å². The number of nitrogens with zero attached hydrogens (tertiary/aromatic N) is 2. The standard InChI is InChI=1S/C23H24FN3O5/c1-29-21-7-6-16(14-22(21)32-17-9-12-30-15-17)20-8-10-25-27(20)11-13-31-23(28)26-19-5-3-2-4-18(19)24/h2-8,10,14,17H,9,11-13,15H2,1H3,(H,26,28). The molecule has 0 radical (unpaired) electrons. The summed E-state index contributed by atoms with van der Waals surface area (Å²) in [5, 5.41) is 6.70. The van der Waals surface area contributed by atoms with Crippen LogP contribution in [0, 0.1) is 5.82 Å². The van der Waals surface area contributed by atoms with E-state index in [0.29, 0.717) is 31.3 Å². The summed E-state index contributed by atoms with van der Waals surface area (Å²) >= 11 is 0. The molecule has 1 aromatic heterocycles. The Kier molecular flexibility index (Phi) is 6.86. The van der Waals surface area contributed by atoms with Crippen molar-refractivity contribution in [3.8, 4) is 22.8 Å². The number of rotatable bonds is 8. The number of benzene rings is 2. The molecule has 0 saturated carbocycles. The molecule has 1 fully saturated rings. The van der Waals surface area contributed by atoms with Crippen LogP contribution in [-0.4, -0.2) is 48.9 Å². The number of ether oxygens (including phenoxy) is 4. The van der Waals surface area contributed by atoms with E-state index in [1.165, 1.54) is 12.1 Å². The number of hydrogen-bond acceptors (Lipinski definition) is 6. The van der Waals surface area contributed by atoms with Crippen LogP contribution in [0.1, 0.15) is 6.42 Å². The third-order valence-corrected chi connectivity index (χ3v) is 5.00. The highest BCUT2D eigenvalue weighted by atomic mass is 19.1. The van der Waals surface area contributed by atoms with Crippen molar-refractivity contribution >= 4 is 11.8 Å². The summed E-state index contributed by atoms with van der Waals surface area (Å²) in [5.74, 6) is 0.745. The molecule has 2 aromatic carbocycles. The van der Waals surface area contributed by atoms with E-state index in [-0.39, 0.29) is 18.4 Å². The Hall–Kier alpha value is -3.59. The van der Waals surface area contributed by atoms with E-state index < -0.39 is 11.9 Å². The van der Waals surface area contributed by atoms with E-state index in [0.717, 1.165) is 17.7 Å². The summed E-state index contributed by atoms with van der Waals surface area (Å²) in [7, 11) is 1.60. The van der Waals surface area contributed by atoms with Crippen LogP contribution in [0.5, 0.6) is 11.5 Å². The fourth-order valence-electron chi connectivity index (χ4n) is 3.40. The molecule has 1 saturated heterocycles. The second-order valence-electron chi connectivity index (χ2n) is 7.15. The smallest absolute Gasteiger partial charge is 0.411 e. The highest BCUT2D eigenvalue weighted by Gasteiger charge is 2.20. The zero-order valence-electron chi connectivity index (χ0n) is 17.6. The molecular formula is C23H24FN3O5. The van der Waals surface area contributed by atoms with E-state index in [1.807, 2.05) is 24.3 Å². The maximum absolute atomic E-state index is 13.6. The van der Waals surface area contributed by atoms with E-state index in [4.69, 9.17) is 18.9 Å². The molecule has 4 rings (SSSR count). The largest absolute Gasteiger partial charge is 0.493 e. The van der Waals surface area contributed by atoms with Crippen LogP contribution >= 0.6 is 0 Å². The predicted octanol–water partition coefficient (Wildman–Crippen LogP) is 4.11. The van der Waals surface area contributed by atoms with Crippen molar-refractivity contribution in [2.24, 2.45) is 0 Å². The summed E-state index contributed by atoms with van der Waals surface area (Å²) in [5.41, 5.74) is 1.78. The SMILES string of the molecule is COc1ccc(-c2ccnn2CCOC(=O)Nc2ccccc2F)cc1OC1CCOC1. The summed E-state index contributed by atoms with van der Waals surface area (Å²) in [6.45, 7) is 1.63. The molecule has 32 heavy (non-hydrogen) atoms. The second kappa shape index (κ2) is 10.1. The Balaban J connectivity index is 1.39. The van der Waals surface area contributed by atoms with Gasteiger partial charge in [0.1, 0.15) is 18.5 Å². The van der Waals surface area contributed by atoms with Crippen LogP contribution in [0.2, 0.25) is 0 Å². The van der Waals surface area contributed by atoms with Gasteiger partial charge < -0.3 is 18.9 Å². The number of amides is 1. The minimum atomic E-state index is -0.734. The average molecular weight is 441 g/mol. The van der Waals surface area contributed by atoms with Gasteiger partial charge in [-0.15, -0.1) is 0 Å². The number of anilines is 1. The molecule has 1 unspecified atom stereocenters. The highest BCUT2D eigenvalue weighted by Crippen LogP contribution is 2.34. The molecule has 1 atom stereocenters. The minimum absolute atomic E-state index is 0.00887. The quantitative estimate of drug-likeness (QED) is 0.566. The molecule has 1 aliphatic rings. The number of carbonyl (C=O) groups is 1. The lowest BCUT2D eigenvalue weighted by Gasteiger charge is -2.16. The van der Waals surface area contributed by atoms with Crippen molar-refractivity contribution < 1.29 is 28.1 Å². The number of halogens is 1. The lowest BCUT2D eigenvalue weighted by molar-refractivity contribution is 0.138. The first-order chi connectivity index (χ1) is 15.6. The molecule has 8 nitrogen and oxygen atoms in total. The Morgan fingerprint density at radius 3 is 2.91 bits per heavy atom. The Labute approximate surface area is 184 Å². The molecule has 0 aliphatic carbocycles. The zero-order chi connectivity index (χ0) is 22.3. The van der Waals surface area contributed by atoms with E-state index >= 15 is 0 Å². The van der Waals surface area contributed by atoms with Crippen molar-refractivity contribution in [3.05, 3.63) is 60.5 Å². The van der Waals surface area contributed by atoms with Crippen LogP contribution in [0.15, 0.2) is 54.7 Å². The van der Waals surface area contributed by atoms with Crippen molar-refractivity contribution in [2.75, 3.05) is 32.2 Å². The molecule has 0 spiro atoms. The zero-order valence-corrected chi connectivity index (χ0v) is 17.6. The molecule has 2 heterocycles. The van der Waals surface area contributed by atoms with Gasteiger partial charge in [0.25, 0.3) is 0 Å². The number of nitrogens with one attached hydrogen (secondary N) is 1. The summed E-state index contributed by atoms with van der Waals surface area (Å²) < 4.78 is 37.4. The van der Waals surface area contributed by atoms with Gasteiger partial charge in [0.15, 0.2) is 11.5 Å². The number of methoxy groups -OCH3 is 1. The number of hydrogen-bond donors (Lipinski definition) is 1. The van der Waals surface area contributed by atoms with Crippen molar-refractivity contribution in [2.45, 2.75) is 19.1 Å². The fraction of sp³-hybridized carbons (Fsp3) is 0.304. The highest BCUT2D eigenvalue weighted by molar-refractivity contribution is 5.84. The molecule has 168 valence electrons. The Bertz CT molecular complexity index is 1070. The third-order valence-electron chi connectivity index (χ3n) is 5.00. The predicted molar refractivity (Wildman–Crippen MR) is 115 cm³/mol. The molecular weight excluding hydrogens is 417 g/mol. The second-order valence-corrected chi connectivity index (χ2v) is 7.15. The number of aromatic nitrogens is 2. The minimum Gasteiger partial charge on any atom is -0.493 e. The van der Waals surface area contributed by atoms with Gasteiger partial charge in [0, 0.05) is 18.2 Å². The fourth-order valence-corrected chi connectivity index (χ4v) is 3.40. The molecule has 3 aromatic rings. The topological polar surface area (TPSA) is 83.8 Å². The Morgan fingerprint density at radius 2 is 2.12 bits per heavy atom. The van der Waals surface area contributed by atoms with Crippen LogP contribution in [0.3, 0.4) is 0 Å². The molecule has 9 heteroatoms. The van der Waals surface area contributed by atoms with Crippen molar-refractivity contribution in [1.82, 2.24) is 9.78 Å². The number of para-hydroxylation sites is 1. The van der Waals surface area contributed by atoms with Gasteiger partial charge in [0.2, 0.25) is 0 Å². The molecule has 1 amide bonds. The average Bonchev–Trinajstić information content (AvgIpc) is 3.47. The maximum Gasteiger partial charge on any atom is 0.411 e. The van der Waals surface area contributed by atoms with Gasteiger partial charge in [-0.25, -0.2) is 9.18 Å². The lowest BCUT2D eigenvalue weighted by atomic mass is 10.1. The van der Waals surface area contributed by atoms with Gasteiger partial charge in [-0.3, -0.25) is 10.00 Å². The molecule has 1 N–H and O–H groups in total. The van der Waals surface area contributed by atoms with Crippen molar-refractivity contribution in [3.63, 3.8) is 0 Å². The van der Waals surface area contributed by atoms with Gasteiger partial charge in [0.05, 0.1) is 38.2 Å². The van der Waals surface area contributed by atoms with Gasteiger partial charge in [-0.1, -0.05) is 12.1 Å². The number of carbonyl (C=O) groups excluding carboxylic acids is 1. The first kappa shape index (κ1) is 21.6. The molecule has 0 bridgehead atoms. The van der Waals surface area contributed by atoms with Crippen LogP contribution < -0.4 is 14.8 Å². The first-order valence-corrected chi connectivity index (χ1v) is 10.3. The van der Waals surface area contributed by atoms with E-state index in [1.54, 1.807) is 30.1 Å². The maximum atomic E-state index is 13.6. The first-order valence-electron chi connectivity index (χ1n) is 10.3. The van der Waals surface area contributed by atoms with Gasteiger partial charge in [-0.2, -0.15) is 5.10 Å². The Morgan fingerprint density at radius 1 is 1.25 bits per heavy atom. The summed E-state index contributed by atoms with van der Waals surface area (Å²) in [6, 6.07) is 13.4. The van der Waals surface area contributed by atoms with Crippen LogP contribution in [0.4, 0.5) is 14.9 Å². The lowest BCUT2D eigenvalue weighted by Crippen LogP contribution is -2.18. The van der Waals surface area contributed by atoms with Gasteiger partial charge >= 0.3 is 6.09 Å². The normalized spacial score (nSPS) is 15.4. The third kappa shape index (κ3) is 5.17.